The molecule has 0 aliphatic carbocycles. The Kier molecular flexibility index (Phi) is 5.23. The number of hydrogen-bond acceptors (Lipinski definition) is 6. The molecule has 8 nitrogen and oxygen atoms in total. The Hall–Kier alpha value is -2.88. The van der Waals surface area contributed by atoms with E-state index in [1.165, 1.54) is 23.0 Å². The van der Waals surface area contributed by atoms with Gasteiger partial charge < -0.3 is 14.6 Å². The molecule has 1 N–H and O–H groups in total. The summed E-state index contributed by atoms with van der Waals surface area (Å²) in [6, 6.07) is 7.66. The van der Waals surface area contributed by atoms with Gasteiger partial charge in [-0.05, 0) is 18.6 Å². The van der Waals surface area contributed by atoms with Gasteiger partial charge in [0.2, 0.25) is 0 Å². The highest BCUT2D eigenvalue weighted by molar-refractivity contribution is 7.10. The van der Waals surface area contributed by atoms with E-state index < -0.39 is 5.69 Å². The molecule has 33 heavy (non-hydrogen) atoms. The largest absolute Gasteiger partial charge is 0.394 e. The molecule has 4 aromatic rings. The van der Waals surface area contributed by atoms with Gasteiger partial charge in [-0.3, -0.25) is 13.9 Å². The third kappa shape index (κ3) is 3.18. The predicted molar refractivity (Wildman–Crippen MR) is 132 cm³/mol. The van der Waals surface area contributed by atoms with Crippen LogP contribution in [0.3, 0.4) is 0 Å². The van der Waals surface area contributed by atoms with Crippen LogP contribution in [0.25, 0.3) is 22.2 Å². The Labute approximate surface area is 198 Å². The molecule has 0 radical (unpaired) electrons. The Bertz CT molecular complexity index is 1510. The van der Waals surface area contributed by atoms with Gasteiger partial charge in [0.1, 0.15) is 10.2 Å². The van der Waals surface area contributed by atoms with E-state index in [4.69, 9.17) is 11.6 Å². The Morgan fingerprint density at radius 2 is 2.00 bits per heavy atom. The van der Waals surface area contributed by atoms with E-state index in [0.717, 1.165) is 26.5 Å². The molecule has 5 rings (SSSR count). The first kappa shape index (κ1) is 21.9. The van der Waals surface area contributed by atoms with Crippen molar-refractivity contribution in [3.05, 3.63) is 66.3 Å². The molecule has 2 atom stereocenters. The fourth-order valence-corrected chi connectivity index (χ4v) is 6.00. The topological polar surface area (TPSA) is 85.3 Å². The van der Waals surface area contributed by atoms with Crippen LogP contribution >= 0.6 is 22.9 Å². The van der Waals surface area contributed by atoms with Crippen LogP contribution in [0.4, 0.5) is 5.69 Å². The summed E-state index contributed by atoms with van der Waals surface area (Å²) >= 11 is 7.58. The number of thiazole rings is 1. The highest BCUT2D eigenvalue weighted by Crippen LogP contribution is 2.49. The Morgan fingerprint density at radius 3 is 2.64 bits per heavy atom. The van der Waals surface area contributed by atoms with Crippen molar-refractivity contribution in [3.8, 4) is 11.3 Å². The van der Waals surface area contributed by atoms with E-state index in [1.54, 1.807) is 12.4 Å². The summed E-state index contributed by atoms with van der Waals surface area (Å²) in [5.41, 5.74) is 3.21. The summed E-state index contributed by atoms with van der Waals surface area (Å²) in [6.07, 6.45) is 0.607. The standard InChI is InChI=1S/C23H24ClN5O3S/c1-26(2)13-7-5-6-12(8-13)18-17-20(27(3)23(32)28(4)22(17)31)19-15(9-14(10-30)29(18)19)21-25-16(24)11-33-21/h5-8,11,14-15,30H,9-10H2,1-4H3/t14-,15-/m0/s1. The molecule has 0 unspecified atom stereocenters. The smallest absolute Gasteiger partial charge is 0.331 e. The second-order valence-electron chi connectivity index (χ2n) is 8.61. The maximum atomic E-state index is 13.5. The maximum absolute atomic E-state index is 13.5. The van der Waals surface area contributed by atoms with Gasteiger partial charge in [-0.25, -0.2) is 9.78 Å². The third-order valence-corrected chi connectivity index (χ3v) is 7.77. The van der Waals surface area contributed by atoms with Gasteiger partial charge in [-0.1, -0.05) is 23.7 Å². The van der Waals surface area contributed by atoms with E-state index >= 15 is 0 Å². The van der Waals surface area contributed by atoms with E-state index in [-0.39, 0.29) is 24.1 Å². The number of halogens is 1. The van der Waals surface area contributed by atoms with E-state index in [1.807, 2.05) is 47.8 Å². The average Bonchev–Trinajstić information content (AvgIpc) is 3.49. The zero-order chi connectivity index (χ0) is 23.6. The zero-order valence-electron chi connectivity index (χ0n) is 18.7. The SMILES string of the molecule is CN(C)c1cccc(-c2c3c(=O)n(C)c(=O)n(C)c3c3n2[C@H](CO)C[C@@H]3c2nc(Cl)cs2)c1. The van der Waals surface area contributed by atoms with Gasteiger partial charge in [-0.2, -0.15) is 0 Å². The zero-order valence-corrected chi connectivity index (χ0v) is 20.3. The molecule has 1 aliphatic rings. The number of nitrogens with zero attached hydrogens (tertiary/aromatic N) is 5. The highest BCUT2D eigenvalue weighted by Gasteiger charge is 2.40. The maximum Gasteiger partial charge on any atom is 0.331 e. The normalized spacial score (nSPS) is 17.6. The van der Waals surface area contributed by atoms with E-state index in [0.29, 0.717) is 28.2 Å². The fourth-order valence-electron chi connectivity index (χ4n) is 4.93. The molecular formula is C23H24ClN5O3S. The van der Waals surface area contributed by atoms with Crippen LogP contribution in [0, 0.1) is 0 Å². The first-order valence-corrected chi connectivity index (χ1v) is 11.8. The minimum absolute atomic E-state index is 0.0990. The number of fused-ring (bicyclic) bond motifs is 3. The summed E-state index contributed by atoms with van der Waals surface area (Å²) in [4.78, 5) is 32.9. The quantitative estimate of drug-likeness (QED) is 0.480. The summed E-state index contributed by atoms with van der Waals surface area (Å²) in [5, 5.41) is 13.8. The number of anilines is 1. The number of aryl methyl sites for hydroxylation is 1. The minimum atomic E-state index is -0.391. The van der Waals surface area contributed by atoms with E-state index in [9.17, 15) is 14.7 Å². The number of aromatic nitrogens is 4. The van der Waals surface area contributed by atoms with Crippen molar-refractivity contribution in [1.29, 1.82) is 0 Å². The monoisotopic (exact) mass is 485 g/mol. The molecule has 1 aromatic carbocycles. The fraction of sp³-hybridized carbons (Fsp3) is 0.348. The first-order valence-electron chi connectivity index (χ1n) is 10.6. The van der Waals surface area contributed by atoms with Crippen molar-refractivity contribution in [2.24, 2.45) is 14.1 Å². The molecule has 4 heterocycles. The molecule has 0 saturated heterocycles. The van der Waals surface area contributed by atoms with Crippen LogP contribution in [-0.4, -0.2) is 44.5 Å². The molecule has 0 saturated carbocycles. The number of benzene rings is 1. The lowest BCUT2D eigenvalue weighted by Gasteiger charge is -2.17. The number of aliphatic hydroxyl groups excluding tert-OH is 1. The molecule has 0 bridgehead atoms. The summed E-state index contributed by atoms with van der Waals surface area (Å²) in [6.45, 7) is -0.0990. The summed E-state index contributed by atoms with van der Waals surface area (Å²) < 4.78 is 4.71. The molecular weight excluding hydrogens is 462 g/mol. The summed E-state index contributed by atoms with van der Waals surface area (Å²) in [7, 11) is 7.10. The van der Waals surface area contributed by atoms with Gasteiger partial charge in [0.15, 0.2) is 0 Å². The van der Waals surface area contributed by atoms with Crippen molar-refractivity contribution in [2.75, 3.05) is 25.6 Å². The molecule has 0 amide bonds. The Morgan fingerprint density at radius 1 is 1.24 bits per heavy atom. The molecule has 1 aliphatic heterocycles. The molecule has 172 valence electrons. The lowest BCUT2D eigenvalue weighted by molar-refractivity contribution is 0.232. The van der Waals surface area contributed by atoms with Gasteiger partial charge in [0, 0.05) is 44.8 Å². The van der Waals surface area contributed by atoms with E-state index in [2.05, 4.69) is 4.98 Å². The van der Waals surface area contributed by atoms with Gasteiger partial charge in [0.05, 0.1) is 40.9 Å². The molecule has 0 spiro atoms. The lowest BCUT2D eigenvalue weighted by atomic mass is 9.99. The van der Waals surface area contributed by atoms with Gasteiger partial charge in [0.25, 0.3) is 5.56 Å². The number of aliphatic hydroxyl groups is 1. The molecule has 10 heteroatoms. The van der Waals surface area contributed by atoms with Crippen LogP contribution in [0.1, 0.15) is 29.1 Å². The average molecular weight is 486 g/mol. The van der Waals surface area contributed by atoms with Crippen molar-refractivity contribution >= 4 is 39.5 Å². The first-order chi connectivity index (χ1) is 15.7. The second-order valence-corrected chi connectivity index (χ2v) is 9.89. The van der Waals surface area contributed by atoms with Crippen LogP contribution in [0.2, 0.25) is 5.15 Å². The van der Waals surface area contributed by atoms with Crippen molar-refractivity contribution < 1.29 is 5.11 Å². The van der Waals surface area contributed by atoms with Crippen LogP contribution in [-0.2, 0) is 14.1 Å². The van der Waals surface area contributed by atoms with Crippen molar-refractivity contribution in [2.45, 2.75) is 18.4 Å². The lowest BCUT2D eigenvalue weighted by Crippen LogP contribution is -2.37. The minimum Gasteiger partial charge on any atom is -0.394 e. The highest BCUT2D eigenvalue weighted by atomic mass is 35.5. The number of hydrogen-bond donors (Lipinski definition) is 1. The van der Waals surface area contributed by atoms with Crippen molar-refractivity contribution in [3.63, 3.8) is 0 Å². The Balaban J connectivity index is 1.96. The van der Waals surface area contributed by atoms with Crippen LogP contribution in [0.15, 0.2) is 39.2 Å². The van der Waals surface area contributed by atoms with Crippen LogP contribution in [0.5, 0.6) is 0 Å². The predicted octanol–water partition coefficient (Wildman–Crippen LogP) is 2.95. The summed E-state index contributed by atoms with van der Waals surface area (Å²) in [5.74, 6) is -0.189. The van der Waals surface area contributed by atoms with Gasteiger partial charge in [-0.15, -0.1) is 11.3 Å². The van der Waals surface area contributed by atoms with Gasteiger partial charge >= 0.3 is 5.69 Å². The second kappa shape index (κ2) is 7.86. The third-order valence-electron chi connectivity index (χ3n) is 6.49. The number of rotatable bonds is 4. The molecule has 0 fully saturated rings. The van der Waals surface area contributed by atoms with Crippen molar-refractivity contribution in [1.82, 2.24) is 18.7 Å². The van der Waals surface area contributed by atoms with Crippen LogP contribution < -0.4 is 16.1 Å². The molecule has 3 aromatic heterocycles.